The van der Waals surface area contributed by atoms with Gasteiger partial charge in [0.2, 0.25) is 0 Å². The molecule has 2 aliphatic carbocycles. The van der Waals surface area contributed by atoms with E-state index in [1.54, 1.807) is 0 Å². The third-order valence-electron chi connectivity index (χ3n) is 5.48. The van der Waals surface area contributed by atoms with Gasteiger partial charge in [0, 0.05) is 29.8 Å². The van der Waals surface area contributed by atoms with Crippen molar-refractivity contribution in [1.82, 2.24) is 4.90 Å². The van der Waals surface area contributed by atoms with Crippen LogP contribution in [0.25, 0.3) is 0 Å². The second-order valence-corrected chi connectivity index (χ2v) is 6.30. The van der Waals surface area contributed by atoms with Crippen LogP contribution in [0.4, 0.5) is 0 Å². The Labute approximate surface area is 143 Å². The van der Waals surface area contributed by atoms with Gasteiger partial charge in [-0.15, -0.1) is 0 Å². The standard InChI is InChI=1S/C18H21NO3/c1-19-8-7-18-11-4-5-13(20)17(18)22-16-14(21-2)6-3-10(15(16)18)9-12(11)19/h3-6,11-13,17,20H,7-9H2,1-2H3/t11-,12+,13?,17?,18-/m0/s1/i1D3,2D3,9D2,13D. The van der Waals surface area contributed by atoms with Gasteiger partial charge in [-0.05, 0) is 37.9 Å². The molecule has 2 bridgehead atoms. The third-order valence-corrected chi connectivity index (χ3v) is 5.48. The smallest absolute Gasteiger partial charge is 0.165 e. The maximum absolute atomic E-state index is 10.8. The van der Waals surface area contributed by atoms with Crippen LogP contribution in [-0.2, 0) is 11.8 Å². The van der Waals surface area contributed by atoms with Gasteiger partial charge < -0.3 is 19.5 Å². The van der Waals surface area contributed by atoms with Gasteiger partial charge in [-0.25, -0.2) is 0 Å². The van der Waals surface area contributed by atoms with Crippen molar-refractivity contribution in [2.24, 2.45) is 5.92 Å². The van der Waals surface area contributed by atoms with E-state index in [-0.39, 0.29) is 30.0 Å². The van der Waals surface area contributed by atoms with Crippen molar-refractivity contribution >= 4 is 0 Å². The van der Waals surface area contributed by atoms with Crippen LogP contribution < -0.4 is 9.47 Å². The maximum Gasteiger partial charge on any atom is 0.165 e. The van der Waals surface area contributed by atoms with E-state index in [0.717, 1.165) is 0 Å². The highest BCUT2D eigenvalue weighted by Crippen LogP contribution is 2.62. The Hall–Kier alpha value is -1.52. The summed E-state index contributed by atoms with van der Waals surface area (Å²) >= 11 is 0. The molecule has 116 valence electrons. The van der Waals surface area contributed by atoms with E-state index in [2.05, 4.69) is 0 Å². The fraction of sp³-hybridized carbons (Fsp3) is 0.556. The van der Waals surface area contributed by atoms with Gasteiger partial charge in [-0.2, -0.15) is 0 Å². The van der Waals surface area contributed by atoms with Crippen molar-refractivity contribution in [3.8, 4) is 11.5 Å². The van der Waals surface area contributed by atoms with E-state index in [0.29, 0.717) is 5.56 Å². The van der Waals surface area contributed by atoms with Gasteiger partial charge in [0.15, 0.2) is 11.5 Å². The molecule has 5 atom stereocenters. The summed E-state index contributed by atoms with van der Waals surface area (Å²) in [4.78, 5) is 1.17. The van der Waals surface area contributed by atoms with E-state index >= 15 is 0 Å². The summed E-state index contributed by atoms with van der Waals surface area (Å²) in [7, 11) is -2.78. The molecule has 1 N–H and O–H groups in total. The number of ether oxygens (including phenoxy) is 2. The zero-order chi connectivity index (χ0) is 22.8. The summed E-state index contributed by atoms with van der Waals surface area (Å²) in [5, 5.41) is 10.8. The number of likely N-dealkylation sites (N-methyl/N-ethyl adjacent to an activating group) is 1. The Kier molecular flexibility index (Phi) is 1.28. The summed E-state index contributed by atoms with van der Waals surface area (Å²) < 4.78 is 83.5. The Morgan fingerprint density at radius 2 is 2.50 bits per heavy atom. The minimum atomic E-state index is -2.78. The molecule has 1 saturated heterocycles. The number of likely N-dealkylation sites (tertiary alicyclic amines) is 1. The first-order valence-corrected chi connectivity index (χ1v) is 7.33. The molecule has 0 radical (unpaired) electrons. The van der Waals surface area contributed by atoms with Gasteiger partial charge in [0.25, 0.3) is 0 Å². The molecule has 2 unspecified atom stereocenters. The molecular weight excluding hydrogens is 278 g/mol. The molecular formula is C18H21NO3. The number of hydrogen-bond donors (Lipinski definition) is 1. The van der Waals surface area contributed by atoms with Gasteiger partial charge >= 0.3 is 0 Å². The number of benzene rings is 1. The van der Waals surface area contributed by atoms with Crippen molar-refractivity contribution in [3.05, 3.63) is 35.4 Å². The third kappa shape index (κ3) is 1.28. The zero-order valence-electron chi connectivity index (χ0n) is 20.7. The topological polar surface area (TPSA) is 41.9 Å². The summed E-state index contributed by atoms with van der Waals surface area (Å²) in [6.45, 7) is -2.54. The van der Waals surface area contributed by atoms with Crippen LogP contribution in [0, 0.1) is 5.92 Å². The first-order chi connectivity index (χ1) is 14.1. The van der Waals surface area contributed by atoms with Crippen molar-refractivity contribution in [2.75, 3.05) is 20.6 Å². The van der Waals surface area contributed by atoms with Crippen LogP contribution in [0.15, 0.2) is 24.3 Å². The molecule has 4 nitrogen and oxygen atoms in total. The van der Waals surface area contributed by atoms with Crippen LogP contribution in [0.3, 0.4) is 0 Å². The van der Waals surface area contributed by atoms with E-state index in [1.165, 1.54) is 29.2 Å². The minimum absolute atomic E-state index is 0.00246. The molecule has 22 heavy (non-hydrogen) atoms. The summed E-state index contributed by atoms with van der Waals surface area (Å²) in [6.07, 6.45) is -2.54. The first kappa shape index (κ1) is 6.93. The van der Waals surface area contributed by atoms with Crippen molar-refractivity contribution in [2.45, 2.75) is 36.4 Å². The van der Waals surface area contributed by atoms with E-state index < -0.39 is 49.9 Å². The average Bonchev–Trinajstić information content (AvgIpc) is 2.95. The molecule has 0 amide bonds. The van der Waals surface area contributed by atoms with Crippen LogP contribution in [0.1, 0.15) is 29.9 Å². The molecule has 4 aliphatic rings. The summed E-state index contributed by atoms with van der Waals surface area (Å²) in [6, 6.07) is 1.61. The van der Waals surface area contributed by atoms with Crippen LogP contribution in [0.2, 0.25) is 0 Å². The van der Waals surface area contributed by atoms with Crippen molar-refractivity contribution in [3.63, 3.8) is 0 Å². The highest BCUT2D eigenvalue weighted by molar-refractivity contribution is 5.62. The monoisotopic (exact) mass is 308 g/mol. The Morgan fingerprint density at radius 3 is 3.36 bits per heavy atom. The van der Waals surface area contributed by atoms with E-state index in [1.807, 2.05) is 0 Å². The Bertz CT molecular complexity index is 987. The normalized spacial score (nSPS) is 53.9. The second kappa shape index (κ2) is 4.06. The molecule has 4 heteroatoms. The number of hydrogen-bond acceptors (Lipinski definition) is 4. The zero-order valence-corrected chi connectivity index (χ0v) is 11.7. The molecule has 0 saturated carbocycles. The first-order valence-electron chi connectivity index (χ1n) is 11.8. The molecule has 1 spiro atoms. The highest BCUT2D eigenvalue weighted by atomic mass is 16.5. The van der Waals surface area contributed by atoms with Gasteiger partial charge in [-0.3, -0.25) is 0 Å². The number of methoxy groups -OCH3 is 1. The number of rotatable bonds is 1. The van der Waals surface area contributed by atoms with E-state index in [9.17, 15) is 5.11 Å². The largest absolute Gasteiger partial charge is 0.493 e. The Morgan fingerprint density at radius 1 is 1.55 bits per heavy atom. The number of nitrogens with zero attached hydrogens (tertiary/aromatic N) is 1. The lowest BCUT2D eigenvalue weighted by Crippen LogP contribution is -2.64. The lowest BCUT2D eigenvalue weighted by Gasteiger charge is -2.56. The van der Waals surface area contributed by atoms with Gasteiger partial charge in [0.1, 0.15) is 12.2 Å². The quantitative estimate of drug-likeness (QED) is 0.799. The van der Waals surface area contributed by atoms with Crippen LogP contribution in [0.5, 0.6) is 11.5 Å². The van der Waals surface area contributed by atoms with Gasteiger partial charge in [0.05, 0.1) is 12.5 Å². The predicted octanol–water partition coefficient (Wildman–Crippen LogP) is 1.50. The molecule has 1 aromatic rings. The minimum Gasteiger partial charge on any atom is -0.493 e. The Balaban J connectivity index is 1.81. The summed E-state index contributed by atoms with van der Waals surface area (Å²) in [5.74, 6) is -0.823. The molecule has 5 rings (SSSR count). The molecule has 1 aromatic carbocycles. The highest BCUT2D eigenvalue weighted by Gasteiger charge is 2.64. The average molecular weight is 308 g/mol. The number of aliphatic hydroxyl groups is 1. The van der Waals surface area contributed by atoms with Crippen molar-refractivity contribution in [1.29, 1.82) is 0 Å². The van der Waals surface area contributed by atoms with Gasteiger partial charge in [-0.1, -0.05) is 18.2 Å². The van der Waals surface area contributed by atoms with E-state index in [4.69, 9.17) is 21.8 Å². The molecule has 2 heterocycles. The molecule has 0 aromatic heterocycles. The fourth-order valence-corrected chi connectivity index (χ4v) is 4.60. The fourth-order valence-electron chi connectivity index (χ4n) is 4.60. The molecule has 1 fully saturated rings. The lowest BCUT2D eigenvalue weighted by atomic mass is 9.53. The van der Waals surface area contributed by atoms with Crippen LogP contribution >= 0.6 is 0 Å². The lowest BCUT2D eigenvalue weighted by molar-refractivity contribution is -0.0453. The van der Waals surface area contributed by atoms with Crippen molar-refractivity contribution < 1.29 is 26.9 Å². The molecule has 2 aliphatic heterocycles. The maximum atomic E-state index is 10.8. The predicted molar refractivity (Wildman–Crippen MR) is 82.5 cm³/mol. The number of piperidine rings is 1. The summed E-state index contributed by atoms with van der Waals surface area (Å²) in [5.41, 5.74) is -0.544. The second-order valence-electron chi connectivity index (χ2n) is 6.30. The SMILES string of the molecule is [2H]C([2H])([2H])Oc1ccc2c3c1OC1C([2H])(O)C=C[C@H]4[C@H](N(C([2H])([2H])[2H])CC[C@]314)C2([2H])[2H]. The van der Waals surface area contributed by atoms with Crippen LogP contribution in [-0.4, -0.2) is 48.8 Å².